The van der Waals surface area contributed by atoms with Crippen molar-refractivity contribution in [3.8, 4) is 0 Å². The van der Waals surface area contributed by atoms with Gasteiger partial charge in [-0.05, 0) is 30.3 Å². The van der Waals surface area contributed by atoms with Crippen LogP contribution in [0.15, 0.2) is 47.1 Å². The van der Waals surface area contributed by atoms with Crippen molar-refractivity contribution in [1.82, 2.24) is 4.90 Å². The molecule has 1 aliphatic heterocycles. The van der Waals surface area contributed by atoms with Gasteiger partial charge < -0.3 is 14.2 Å². The molecule has 2 aromatic rings. The molecule has 0 N–H and O–H groups in total. The van der Waals surface area contributed by atoms with Gasteiger partial charge in [0.2, 0.25) is 5.91 Å². The molecule has 1 aliphatic rings. The van der Waals surface area contributed by atoms with Crippen molar-refractivity contribution < 1.29 is 27.3 Å². The molecule has 0 saturated carbocycles. The molecule has 1 fully saturated rings. The van der Waals surface area contributed by atoms with Crippen molar-refractivity contribution in [2.45, 2.75) is 6.18 Å². The number of anilines is 1. The van der Waals surface area contributed by atoms with Crippen LogP contribution in [0.2, 0.25) is 0 Å². The lowest BCUT2D eigenvalue weighted by atomic mass is 10.1. The summed E-state index contributed by atoms with van der Waals surface area (Å²) in [6.07, 6.45) is -0.265. The molecule has 1 saturated heterocycles. The first-order valence-electron chi connectivity index (χ1n) is 8.37. The van der Waals surface area contributed by atoms with E-state index >= 15 is 0 Å². The number of hydrogen-bond donors (Lipinski definition) is 0. The molecule has 0 atom stereocenters. The summed E-state index contributed by atoms with van der Waals surface area (Å²) in [4.78, 5) is 25.8. The number of benzene rings is 1. The first kappa shape index (κ1) is 19.5. The monoisotopic (exact) mass is 395 g/mol. The number of nitrogens with zero attached hydrogens (tertiary/aromatic N) is 3. The number of furan rings is 1. The fourth-order valence-corrected chi connectivity index (χ4v) is 2.93. The fourth-order valence-electron chi connectivity index (χ4n) is 2.93. The van der Waals surface area contributed by atoms with Crippen molar-refractivity contribution in [2.75, 3.05) is 31.1 Å². The van der Waals surface area contributed by atoms with Gasteiger partial charge in [-0.2, -0.15) is 13.2 Å². The lowest BCUT2D eigenvalue weighted by Crippen LogP contribution is -2.48. The van der Waals surface area contributed by atoms with E-state index in [0.717, 1.165) is 12.1 Å². The Bertz CT molecular complexity index is 886. The van der Waals surface area contributed by atoms with E-state index in [1.165, 1.54) is 18.4 Å². The van der Waals surface area contributed by atoms with Crippen molar-refractivity contribution >= 4 is 23.4 Å². The predicted molar refractivity (Wildman–Crippen MR) is 94.6 cm³/mol. The van der Waals surface area contributed by atoms with Gasteiger partial charge in [0.05, 0.1) is 16.7 Å². The highest BCUT2D eigenvalue weighted by molar-refractivity contribution is 5.91. The molecule has 7 nitrogen and oxygen atoms in total. The van der Waals surface area contributed by atoms with Gasteiger partial charge in [0.25, 0.3) is 5.69 Å². The minimum atomic E-state index is -4.66. The maximum absolute atomic E-state index is 12.8. The molecule has 10 heteroatoms. The van der Waals surface area contributed by atoms with Crippen LogP contribution in [0.3, 0.4) is 0 Å². The van der Waals surface area contributed by atoms with Crippen molar-refractivity contribution in [3.05, 3.63) is 64.1 Å². The van der Waals surface area contributed by atoms with Crippen LogP contribution in [0, 0.1) is 10.1 Å². The van der Waals surface area contributed by atoms with Crippen molar-refractivity contribution in [1.29, 1.82) is 0 Å². The number of halogens is 3. The lowest BCUT2D eigenvalue weighted by molar-refractivity contribution is -0.384. The van der Waals surface area contributed by atoms with Crippen LogP contribution in [0.1, 0.15) is 11.3 Å². The summed E-state index contributed by atoms with van der Waals surface area (Å²) in [5, 5.41) is 11.2. The van der Waals surface area contributed by atoms with Gasteiger partial charge in [-0.1, -0.05) is 0 Å². The highest BCUT2D eigenvalue weighted by atomic mass is 19.4. The molecule has 28 heavy (non-hydrogen) atoms. The molecule has 2 heterocycles. The molecule has 0 aliphatic carbocycles. The number of rotatable bonds is 4. The molecule has 3 rings (SSSR count). The average molecular weight is 395 g/mol. The van der Waals surface area contributed by atoms with Gasteiger partial charge >= 0.3 is 6.18 Å². The van der Waals surface area contributed by atoms with Crippen LogP contribution in [0.25, 0.3) is 6.08 Å². The lowest BCUT2D eigenvalue weighted by Gasteiger charge is -2.35. The summed E-state index contributed by atoms with van der Waals surface area (Å²) in [6.45, 7) is 1.12. The molecule has 1 aromatic heterocycles. The number of nitro groups is 1. The van der Waals surface area contributed by atoms with E-state index in [4.69, 9.17) is 4.42 Å². The molecule has 0 unspecified atom stereocenters. The quantitative estimate of drug-likeness (QED) is 0.449. The first-order valence-corrected chi connectivity index (χ1v) is 8.37. The zero-order chi connectivity index (χ0) is 20.3. The third-order valence-electron chi connectivity index (χ3n) is 4.36. The Kier molecular flexibility index (Phi) is 5.39. The predicted octanol–water partition coefficient (Wildman–Crippen LogP) is 3.57. The number of nitro benzene ring substituents is 1. The molecule has 0 radical (unpaired) electrons. The number of hydrogen-bond acceptors (Lipinski definition) is 5. The standard InChI is InChI=1S/C18H16F3N3O4/c19-18(20,21)13-3-5-15(16(12-13)24(26)27)22-7-9-23(10-8-22)17(25)6-4-14-2-1-11-28-14/h1-6,11-12H,7-10H2. The van der Waals surface area contributed by atoms with Gasteiger partial charge in [-0.3, -0.25) is 14.9 Å². The van der Waals surface area contributed by atoms with Crippen molar-refractivity contribution in [2.24, 2.45) is 0 Å². The van der Waals surface area contributed by atoms with Crippen LogP contribution in [0.4, 0.5) is 24.5 Å². The third-order valence-corrected chi connectivity index (χ3v) is 4.36. The Morgan fingerprint density at radius 2 is 1.89 bits per heavy atom. The third kappa shape index (κ3) is 4.33. The molecular formula is C18H16F3N3O4. The van der Waals surface area contributed by atoms with Crippen LogP contribution >= 0.6 is 0 Å². The number of piperazine rings is 1. The van der Waals surface area contributed by atoms with Gasteiger partial charge in [0, 0.05) is 38.3 Å². The smallest absolute Gasteiger partial charge is 0.416 e. The zero-order valence-electron chi connectivity index (χ0n) is 14.6. The Labute approximate surface area is 157 Å². The van der Waals surface area contributed by atoms with Crippen molar-refractivity contribution in [3.63, 3.8) is 0 Å². The van der Waals surface area contributed by atoms with Crippen LogP contribution in [-0.4, -0.2) is 41.9 Å². The van der Waals surface area contributed by atoms with E-state index in [2.05, 4.69) is 0 Å². The van der Waals surface area contributed by atoms with Gasteiger partial charge in [-0.15, -0.1) is 0 Å². The molecule has 148 valence electrons. The maximum atomic E-state index is 12.8. The van der Waals surface area contributed by atoms with Crippen LogP contribution < -0.4 is 4.90 Å². The summed E-state index contributed by atoms with van der Waals surface area (Å²) in [6, 6.07) is 5.87. The zero-order valence-corrected chi connectivity index (χ0v) is 14.6. The molecule has 0 bridgehead atoms. The molecule has 0 spiro atoms. The van der Waals surface area contributed by atoms with Gasteiger partial charge in [0.15, 0.2) is 0 Å². The topological polar surface area (TPSA) is 79.8 Å². The second-order valence-corrected chi connectivity index (χ2v) is 6.12. The summed E-state index contributed by atoms with van der Waals surface area (Å²) < 4.78 is 43.6. The fraction of sp³-hybridized carbons (Fsp3) is 0.278. The number of carbonyl (C=O) groups is 1. The van der Waals surface area contributed by atoms with E-state index in [0.29, 0.717) is 24.9 Å². The summed E-state index contributed by atoms with van der Waals surface area (Å²) in [5.74, 6) is 0.297. The van der Waals surface area contributed by atoms with Gasteiger partial charge in [-0.25, -0.2) is 0 Å². The second kappa shape index (κ2) is 7.75. The highest BCUT2D eigenvalue weighted by Gasteiger charge is 2.34. The summed E-state index contributed by atoms with van der Waals surface area (Å²) in [5.41, 5.74) is -1.57. The SMILES string of the molecule is O=C(C=Cc1ccco1)N1CCN(c2ccc(C(F)(F)F)cc2[N+](=O)[O-])CC1. The highest BCUT2D eigenvalue weighted by Crippen LogP contribution is 2.36. The number of alkyl halides is 3. The van der Waals surface area contributed by atoms with E-state index < -0.39 is 22.4 Å². The van der Waals surface area contributed by atoms with E-state index in [-0.39, 0.29) is 24.7 Å². The minimum absolute atomic E-state index is 0.108. The Morgan fingerprint density at radius 1 is 1.18 bits per heavy atom. The minimum Gasteiger partial charge on any atom is -0.465 e. The van der Waals surface area contributed by atoms with E-state index in [1.807, 2.05) is 0 Å². The number of carbonyl (C=O) groups excluding carboxylic acids is 1. The Hall–Kier alpha value is -3.30. The Morgan fingerprint density at radius 3 is 2.46 bits per heavy atom. The normalized spacial score (nSPS) is 15.2. The molecule has 1 aromatic carbocycles. The summed E-state index contributed by atoms with van der Waals surface area (Å²) in [7, 11) is 0. The van der Waals surface area contributed by atoms with Crippen LogP contribution in [0.5, 0.6) is 0 Å². The second-order valence-electron chi connectivity index (χ2n) is 6.12. The Balaban J connectivity index is 1.69. The van der Waals surface area contributed by atoms with Gasteiger partial charge in [0.1, 0.15) is 11.4 Å². The van der Waals surface area contributed by atoms with E-state index in [1.54, 1.807) is 21.9 Å². The molecule has 1 amide bonds. The van der Waals surface area contributed by atoms with Crippen LogP contribution in [-0.2, 0) is 11.0 Å². The maximum Gasteiger partial charge on any atom is 0.416 e. The average Bonchev–Trinajstić information content (AvgIpc) is 3.18. The molecular weight excluding hydrogens is 379 g/mol. The first-order chi connectivity index (χ1) is 13.3. The summed E-state index contributed by atoms with van der Waals surface area (Å²) >= 11 is 0. The van der Waals surface area contributed by atoms with E-state index in [9.17, 15) is 28.1 Å². The number of amides is 1. The largest absolute Gasteiger partial charge is 0.465 e.